The first-order valence-corrected chi connectivity index (χ1v) is 6.72. The zero-order valence-electron chi connectivity index (χ0n) is 11.7. The highest BCUT2D eigenvalue weighted by Crippen LogP contribution is 2.29. The highest BCUT2D eigenvalue weighted by atomic mass is 32.1. The van der Waals surface area contributed by atoms with Gasteiger partial charge in [-0.2, -0.15) is 4.37 Å². The molecule has 2 aromatic heterocycles. The number of amides is 1. The van der Waals surface area contributed by atoms with E-state index < -0.39 is 5.97 Å². The van der Waals surface area contributed by atoms with Crippen molar-refractivity contribution in [1.29, 1.82) is 0 Å². The number of carboxylic acids is 1. The summed E-state index contributed by atoms with van der Waals surface area (Å²) in [6.45, 7) is 3.52. The number of anilines is 1. The molecule has 6 nitrogen and oxygen atoms in total. The van der Waals surface area contributed by atoms with Crippen molar-refractivity contribution in [2.24, 2.45) is 7.05 Å². The summed E-state index contributed by atoms with van der Waals surface area (Å²) in [5.41, 5.74) is 1.96. The summed E-state index contributed by atoms with van der Waals surface area (Å²) >= 11 is 1.01. The smallest absolute Gasteiger partial charge is 0.340 e. The van der Waals surface area contributed by atoms with Crippen LogP contribution in [-0.2, 0) is 7.05 Å². The van der Waals surface area contributed by atoms with Crippen molar-refractivity contribution in [2.75, 3.05) is 11.9 Å². The molecule has 0 fully saturated rings. The molecule has 106 valence electrons. The van der Waals surface area contributed by atoms with Crippen LogP contribution in [0.4, 0.5) is 5.00 Å². The largest absolute Gasteiger partial charge is 0.478 e. The molecule has 0 spiro atoms. The van der Waals surface area contributed by atoms with E-state index in [1.807, 2.05) is 13.0 Å². The molecule has 2 heterocycles. The quantitative estimate of drug-likeness (QED) is 0.940. The molecule has 7 heteroatoms. The summed E-state index contributed by atoms with van der Waals surface area (Å²) in [6.07, 6.45) is 0. The summed E-state index contributed by atoms with van der Waals surface area (Å²) in [5.74, 6) is -1.33. The number of aryl methyl sites for hydroxylation is 2. The predicted molar refractivity (Wildman–Crippen MR) is 76.7 cm³/mol. The van der Waals surface area contributed by atoms with Crippen LogP contribution < -0.4 is 4.90 Å². The van der Waals surface area contributed by atoms with E-state index in [-0.39, 0.29) is 11.5 Å². The molecule has 2 rings (SSSR count). The molecular formula is C13H15N3O3S. The Bertz CT molecular complexity index is 687. The molecule has 0 aliphatic carbocycles. The van der Waals surface area contributed by atoms with Gasteiger partial charge in [0.1, 0.15) is 16.3 Å². The van der Waals surface area contributed by atoms with Gasteiger partial charge in [0, 0.05) is 19.8 Å². The van der Waals surface area contributed by atoms with Crippen molar-refractivity contribution in [3.05, 3.63) is 34.8 Å². The number of carbonyl (C=O) groups is 2. The van der Waals surface area contributed by atoms with Crippen LogP contribution in [0.5, 0.6) is 0 Å². The van der Waals surface area contributed by atoms with Crippen molar-refractivity contribution in [1.82, 2.24) is 8.94 Å². The van der Waals surface area contributed by atoms with Gasteiger partial charge >= 0.3 is 5.97 Å². The number of aromatic nitrogens is 2. The summed E-state index contributed by atoms with van der Waals surface area (Å²) in [6, 6.07) is 3.57. The van der Waals surface area contributed by atoms with Gasteiger partial charge in [0.25, 0.3) is 5.91 Å². The van der Waals surface area contributed by atoms with E-state index in [9.17, 15) is 14.7 Å². The van der Waals surface area contributed by atoms with Crippen LogP contribution in [-0.4, -0.2) is 33.0 Å². The summed E-state index contributed by atoms with van der Waals surface area (Å²) in [4.78, 5) is 25.1. The summed E-state index contributed by atoms with van der Waals surface area (Å²) in [5, 5.41) is 9.56. The molecule has 0 aromatic carbocycles. The second-order valence-corrected chi connectivity index (χ2v) is 5.29. The number of hydrogen-bond donors (Lipinski definition) is 1. The Morgan fingerprint density at radius 3 is 2.50 bits per heavy atom. The molecule has 1 amide bonds. The fourth-order valence-corrected chi connectivity index (χ4v) is 2.77. The predicted octanol–water partition coefficient (Wildman–Crippen LogP) is 2.07. The van der Waals surface area contributed by atoms with Gasteiger partial charge in [-0.3, -0.25) is 9.69 Å². The van der Waals surface area contributed by atoms with Crippen molar-refractivity contribution < 1.29 is 14.7 Å². The Balaban J connectivity index is 2.42. The normalized spacial score (nSPS) is 10.6. The highest BCUT2D eigenvalue weighted by molar-refractivity contribution is 7.11. The summed E-state index contributed by atoms with van der Waals surface area (Å²) < 4.78 is 5.79. The number of hydrogen-bond acceptors (Lipinski definition) is 4. The van der Waals surface area contributed by atoms with Crippen molar-refractivity contribution in [3.63, 3.8) is 0 Å². The van der Waals surface area contributed by atoms with Gasteiger partial charge in [-0.25, -0.2) is 4.79 Å². The van der Waals surface area contributed by atoms with E-state index in [1.54, 1.807) is 31.7 Å². The van der Waals surface area contributed by atoms with Crippen LogP contribution in [0.1, 0.15) is 32.2 Å². The fraction of sp³-hybridized carbons (Fsp3) is 0.308. The fourth-order valence-electron chi connectivity index (χ4n) is 1.92. The van der Waals surface area contributed by atoms with E-state index >= 15 is 0 Å². The lowest BCUT2D eigenvalue weighted by Crippen LogP contribution is -2.28. The number of carbonyl (C=O) groups excluding carboxylic acids is 1. The highest BCUT2D eigenvalue weighted by Gasteiger charge is 2.25. The molecule has 20 heavy (non-hydrogen) atoms. The molecule has 0 bridgehead atoms. The number of nitrogens with zero attached hydrogens (tertiary/aromatic N) is 3. The van der Waals surface area contributed by atoms with Gasteiger partial charge in [0.05, 0.1) is 5.69 Å². The molecule has 1 N–H and O–H groups in total. The number of carboxylic acid groups (broad SMARTS) is 1. The second kappa shape index (κ2) is 5.09. The molecule has 0 saturated heterocycles. The Morgan fingerprint density at radius 1 is 1.35 bits per heavy atom. The van der Waals surface area contributed by atoms with Gasteiger partial charge in [-0.1, -0.05) is 0 Å². The van der Waals surface area contributed by atoms with Gasteiger partial charge < -0.3 is 9.67 Å². The lowest BCUT2D eigenvalue weighted by molar-refractivity contribution is 0.0697. The third kappa shape index (κ3) is 2.20. The number of rotatable bonds is 3. The molecule has 0 saturated carbocycles. The molecule has 0 aliphatic rings. The Hall–Kier alpha value is -2.15. The van der Waals surface area contributed by atoms with Crippen LogP contribution in [0.3, 0.4) is 0 Å². The average Bonchev–Trinajstić information content (AvgIpc) is 2.92. The maximum atomic E-state index is 12.5. The second-order valence-electron chi connectivity index (χ2n) is 4.54. The maximum absolute atomic E-state index is 12.5. The maximum Gasteiger partial charge on any atom is 0.340 e. The Morgan fingerprint density at radius 2 is 2.00 bits per heavy atom. The van der Waals surface area contributed by atoms with Crippen LogP contribution >= 0.6 is 11.5 Å². The van der Waals surface area contributed by atoms with Crippen LogP contribution in [0.15, 0.2) is 12.1 Å². The third-order valence-electron chi connectivity index (χ3n) is 3.26. The first-order chi connectivity index (χ1) is 9.34. The van der Waals surface area contributed by atoms with Gasteiger partial charge in [-0.05, 0) is 37.5 Å². The average molecular weight is 293 g/mol. The van der Waals surface area contributed by atoms with Gasteiger partial charge in [0.2, 0.25) is 0 Å². The molecule has 2 aromatic rings. The van der Waals surface area contributed by atoms with Crippen molar-refractivity contribution in [3.8, 4) is 0 Å². The minimum absolute atomic E-state index is 0.0804. The van der Waals surface area contributed by atoms with E-state index in [4.69, 9.17) is 0 Å². The van der Waals surface area contributed by atoms with E-state index in [2.05, 4.69) is 4.37 Å². The third-order valence-corrected chi connectivity index (χ3v) is 4.28. The molecule has 0 unspecified atom stereocenters. The van der Waals surface area contributed by atoms with Crippen LogP contribution in [0.2, 0.25) is 0 Å². The Kier molecular flexibility index (Phi) is 3.63. The minimum atomic E-state index is -1.08. The SMILES string of the molecule is Cc1nsc(N(C)C(=O)c2ccc(C)n2C)c1C(=O)O. The standard InChI is InChI=1S/C13H15N3O3S/c1-7-5-6-9(15(7)3)11(17)16(4)12-10(13(18)19)8(2)14-20-12/h5-6H,1-4H3,(H,18,19). The van der Waals surface area contributed by atoms with Crippen molar-refractivity contribution in [2.45, 2.75) is 13.8 Å². The van der Waals surface area contributed by atoms with Crippen LogP contribution in [0.25, 0.3) is 0 Å². The summed E-state index contributed by atoms with van der Waals surface area (Å²) in [7, 11) is 3.36. The first-order valence-electron chi connectivity index (χ1n) is 5.94. The zero-order valence-corrected chi connectivity index (χ0v) is 12.5. The molecular weight excluding hydrogens is 278 g/mol. The zero-order chi connectivity index (χ0) is 15.0. The molecule has 0 aliphatic heterocycles. The topological polar surface area (TPSA) is 75.4 Å². The number of aromatic carboxylic acids is 1. The monoisotopic (exact) mass is 293 g/mol. The first kappa shape index (κ1) is 14.3. The Labute approximate surface area is 120 Å². The van der Waals surface area contributed by atoms with Crippen molar-refractivity contribution >= 4 is 28.4 Å². The lowest BCUT2D eigenvalue weighted by atomic mass is 10.2. The minimum Gasteiger partial charge on any atom is -0.478 e. The van der Waals surface area contributed by atoms with E-state index in [1.165, 1.54) is 4.90 Å². The molecule has 0 atom stereocenters. The van der Waals surface area contributed by atoms with E-state index in [0.29, 0.717) is 16.4 Å². The van der Waals surface area contributed by atoms with Gasteiger partial charge in [0.15, 0.2) is 0 Å². The van der Waals surface area contributed by atoms with Crippen LogP contribution in [0, 0.1) is 13.8 Å². The van der Waals surface area contributed by atoms with Gasteiger partial charge in [-0.15, -0.1) is 0 Å². The molecule has 0 radical (unpaired) electrons. The van der Waals surface area contributed by atoms with E-state index in [0.717, 1.165) is 17.2 Å². The lowest BCUT2D eigenvalue weighted by Gasteiger charge is -2.16.